The van der Waals surface area contributed by atoms with Gasteiger partial charge < -0.3 is 19.7 Å². The number of hydrogen-bond acceptors (Lipinski definition) is 7. The molecule has 0 bridgehead atoms. The average molecular weight is 407 g/mol. The van der Waals surface area contributed by atoms with Crippen LogP contribution in [0, 0.1) is 0 Å². The number of aromatic nitrogens is 2. The summed E-state index contributed by atoms with van der Waals surface area (Å²) in [6.45, 7) is 3.22. The van der Waals surface area contributed by atoms with Crippen LogP contribution in [0.2, 0.25) is 0 Å². The third-order valence-corrected chi connectivity index (χ3v) is 4.89. The number of hydrogen-bond donors (Lipinski definition) is 1. The summed E-state index contributed by atoms with van der Waals surface area (Å²) >= 11 is 1.29. The first-order chi connectivity index (χ1) is 13.6. The number of rotatable bonds is 11. The van der Waals surface area contributed by atoms with E-state index in [1.807, 2.05) is 31.2 Å². The molecule has 28 heavy (non-hydrogen) atoms. The van der Waals surface area contributed by atoms with Crippen LogP contribution in [-0.2, 0) is 14.3 Å². The van der Waals surface area contributed by atoms with Crippen molar-refractivity contribution in [2.24, 2.45) is 0 Å². The molecular weight excluding hydrogens is 380 g/mol. The quantitative estimate of drug-likeness (QED) is 0.617. The highest BCUT2D eigenvalue weighted by atomic mass is 32.1. The summed E-state index contributed by atoms with van der Waals surface area (Å²) in [6, 6.07) is 7.46. The van der Waals surface area contributed by atoms with E-state index in [0.29, 0.717) is 36.3 Å². The van der Waals surface area contributed by atoms with Gasteiger partial charge >= 0.3 is 0 Å². The largest absolute Gasteiger partial charge is 0.497 e. The first-order valence-electron chi connectivity index (χ1n) is 9.11. The van der Waals surface area contributed by atoms with E-state index in [1.54, 1.807) is 19.1 Å². The molecule has 1 N–H and O–H groups in total. The molecule has 152 valence electrons. The van der Waals surface area contributed by atoms with Gasteiger partial charge in [0, 0.05) is 38.6 Å². The smallest absolute Gasteiger partial charge is 0.227 e. The van der Waals surface area contributed by atoms with Crippen LogP contribution in [-0.4, -0.2) is 60.8 Å². The lowest BCUT2D eigenvalue weighted by molar-refractivity contribution is -0.132. The molecule has 2 aromatic rings. The molecule has 1 heterocycles. The Balaban J connectivity index is 1.89. The SMILES string of the molecule is CCCC(=O)N(CCOC)CCC(=O)Nc1nnc(-c2ccc(OC)cc2)s1. The van der Waals surface area contributed by atoms with Gasteiger partial charge in [-0.3, -0.25) is 9.59 Å². The second-order valence-electron chi connectivity index (χ2n) is 6.06. The number of methoxy groups -OCH3 is 2. The molecule has 8 nitrogen and oxygen atoms in total. The van der Waals surface area contributed by atoms with Gasteiger partial charge in [-0.25, -0.2) is 0 Å². The minimum atomic E-state index is -0.204. The van der Waals surface area contributed by atoms with E-state index in [4.69, 9.17) is 9.47 Å². The van der Waals surface area contributed by atoms with Gasteiger partial charge in [-0.05, 0) is 30.7 Å². The lowest BCUT2D eigenvalue weighted by atomic mass is 10.2. The standard InChI is InChI=1S/C19H26N4O4S/c1-4-5-17(25)23(12-13-26-2)11-10-16(24)20-19-22-21-18(28-19)14-6-8-15(27-3)9-7-14/h6-9H,4-5,10-13H2,1-3H3,(H,20,22,24). The molecule has 0 aliphatic rings. The zero-order valence-corrected chi connectivity index (χ0v) is 17.3. The Bertz CT molecular complexity index is 764. The fraction of sp³-hybridized carbons (Fsp3) is 0.474. The molecule has 0 saturated heterocycles. The number of amides is 2. The highest BCUT2D eigenvalue weighted by Gasteiger charge is 2.15. The van der Waals surface area contributed by atoms with Gasteiger partial charge in [-0.1, -0.05) is 18.3 Å². The minimum Gasteiger partial charge on any atom is -0.497 e. The van der Waals surface area contributed by atoms with Gasteiger partial charge in [0.25, 0.3) is 0 Å². The lowest BCUT2D eigenvalue weighted by Crippen LogP contribution is -2.36. The maximum absolute atomic E-state index is 12.2. The predicted octanol–water partition coefficient (Wildman–Crippen LogP) is 2.82. The molecule has 0 aliphatic carbocycles. The summed E-state index contributed by atoms with van der Waals surface area (Å²) in [5.74, 6) is 0.589. The van der Waals surface area contributed by atoms with E-state index in [2.05, 4.69) is 15.5 Å². The third-order valence-electron chi connectivity index (χ3n) is 4.00. The average Bonchev–Trinajstić information content (AvgIpc) is 3.16. The normalized spacial score (nSPS) is 10.5. The predicted molar refractivity (Wildman–Crippen MR) is 109 cm³/mol. The van der Waals surface area contributed by atoms with Gasteiger partial charge in [0.05, 0.1) is 13.7 Å². The number of benzene rings is 1. The van der Waals surface area contributed by atoms with Gasteiger partial charge in [-0.2, -0.15) is 0 Å². The van der Waals surface area contributed by atoms with Crippen LogP contribution < -0.4 is 10.1 Å². The van der Waals surface area contributed by atoms with E-state index in [-0.39, 0.29) is 18.2 Å². The van der Waals surface area contributed by atoms with E-state index < -0.39 is 0 Å². The Morgan fingerprint density at radius 2 is 1.86 bits per heavy atom. The van der Waals surface area contributed by atoms with Crippen LogP contribution in [0.1, 0.15) is 26.2 Å². The van der Waals surface area contributed by atoms with Gasteiger partial charge in [0.15, 0.2) is 0 Å². The number of carbonyl (C=O) groups excluding carboxylic acids is 2. The summed E-state index contributed by atoms with van der Waals surface area (Å²) in [5, 5.41) is 12.0. The second-order valence-corrected chi connectivity index (χ2v) is 7.04. The van der Waals surface area contributed by atoms with Gasteiger partial charge in [0.2, 0.25) is 16.9 Å². The zero-order valence-electron chi connectivity index (χ0n) is 16.4. The van der Waals surface area contributed by atoms with Crippen LogP contribution in [0.3, 0.4) is 0 Å². The molecule has 0 saturated carbocycles. The maximum Gasteiger partial charge on any atom is 0.227 e. The Morgan fingerprint density at radius 1 is 1.11 bits per heavy atom. The zero-order chi connectivity index (χ0) is 20.4. The van der Waals surface area contributed by atoms with Crippen LogP contribution in [0.4, 0.5) is 5.13 Å². The first kappa shape index (κ1) is 21.8. The fourth-order valence-corrected chi connectivity index (χ4v) is 3.24. The number of anilines is 1. The Hall–Kier alpha value is -2.52. The molecule has 1 aromatic carbocycles. The summed E-state index contributed by atoms with van der Waals surface area (Å²) in [7, 11) is 3.20. The van der Waals surface area contributed by atoms with Gasteiger partial charge in [0.1, 0.15) is 10.8 Å². The van der Waals surface area contributed by atoms with Crippen molar-refractivity contribution in [2.45, 2.75) is 26.2 Å². The molecular formula is C19H26N4O4S. The van der Waals surface area contributed by atoms with Crippen molar-refractivity contribution in [3.63, 3.8) is 0 Å². The first-order valence-corrected chi connectivity index (χ1v) is 9.93. The topological polar surface area (TPSA) is 93.7 Å². The van der Waals surface area contributed by atoms with E-state index in [9.17, 15) is 9.59 Å². The maximum atomic E-state index is 12.2. The Labute approximate surface area is 168 Å². The fourth-order valence-electron chi connectivity index (χ4n) is 2.48. The Kier molecular flexibility index (Phi) is 8.83. The van der Waals surface area contributed by atoms with Crippen molar-refractivity contribution in [3.8, 4) is 16.3 Å². The Morgan fingerprint density at radius 3 is 2.50 bits per heavy atom. The van der Waals surface area contributed by atoms with Crippen molar-refractivity contribution >= 4 is 28.3 Å². The van der Waals surface area contributed by atoms with Crippen molar-refractivity contribution in [3.05, 3.63) is 24.3 Å². The minimum absolute atomic E-state index is 0.0325. The monoisotopic (exact) mass is 406 g/mol. The molecule has 9 heteroatoms. The molecule has 0 aliphatic heterocycles. The molecule has 1 aromatic heterocycles. The third kappa shape index (κ3) is 6.58. The highest BCUT2D eigenvalue weighted by Crippen LogP contribution is 2.27. The van der Waals surface area contributed by atoms with Crippen molar-refractivity contribution < 1.29 is 19.1 Å². The molecule has 0 spiro atoms. The van der Waals surface area contributed by atoms with Crippen LogP contribution >= 0.6 is 11.3 Å². The summed E-state index contributed by atoms with van der Waals surface area (Å²) in [6.07, 6.45) is 1.43. The second kappa shape index (κ2) is 11.4. The molecule has 0 atom stereocenters. The molecule has 0 radical (unpaired) electrons. The van der Waals surface area contributed by atoms with Crippen molar-refractivity contribution in [1.82, 2.24) is 15.1 Å². The van der Waals surface area contributed by atoms with E-state index in [0.717, 1.165) is 17.7 Å². The number of carbonyl (C=O) groups is 2. The number of nitrogens with one attached hydrogen (secondary N) is 1. The summed E-state index contributed by atoms with van der Waals surface area (Å²) < 4.78 is 10.2. The van der Waals surface area contributed by atoms with E-state index >= 15 is 0 Å². The van der Waals surface area contributed by atoms with Crippen molar-refractivity contribution in [2.75, 3.05) is 39.2 Å². The van der Waals surface area contributed by atoms with Crippen molar-refractivity contribution in [1.29, 1.82) is 0 Å². The molecule has 0 unspecified atom stereocenters. The number of nitrogens with zero attached hydrogens (tertiary/aromatic N) is 3. The lowest BCUT2D eigenvalue weighted by Gasteiger charge is -2.21. The van der Waals surface area contributed by atoms with Crippen LogP contribution in [0.5, 0.6) is 5.75 Å². The number of ether oxygens (including phenoxy) is 2. The highest BCUT2D eigenvalue weighted by molar-refractivity contribution is 7.18. The summed E-state index contributed by atoms with van der Waals surface area (Å²) in [5.41, 5.74) is 0.898. The van der Waals surface area contributed by atoms with Crippen LogP contribution in [0.15, 0.2) is 24.3 Å². The molecule has 0 fully saturated rings. The van der Waals surface area contributed by atoms with Gasteiger partial charge in [-0.15, -0.1) is 10.2 Å². The molecule has 2 rings (SSSR count). The molecule has 2 amide bonds. The van der Waals surface area contributed by atoms with Crippen LogP contribution in [0.25, 0.3) is 10.6 Å². The van der Waals surface area contributed by atoms with E-state index in [1.165, 1.54) is 11.3 Å². The summed E-state index contributed by atoms with van der Waals surface area (Å²) in [4.78, 5) is 26.0.